The van der Waals surface area contributed by atoms with Crippen LogP contribution in [0.1, 0.15) is 31.9 Å². The summed E-state index contributed by atoms with van der Waals surface area (Å²) in [5, 5.41) is 0. The fourth-order valence-corrected chi connectivity index (χ4v) is 1.96. The molecule has 0 aliphatic carbocycles. The number of aryl methyl sites for hydroxylation is 1. The van der Waals surface area contributed by atoms with Gasteiger partial charge in [-0.25, -0.2) is 0 Å². The average molecular weight is 286 g/mol. The Morgan fingerprint density at radius 1 is 1.10 bits per heavy atom. The lowest BCUT2D eigenvalue weighted by Gasteiger charge is -2.20. The van der Waals surface area contributed by atoms with Crippen molar-refractivity contribution in [2.45, 2.75) is 33.1 Å². The number of nitrogens with zero attached hydrogens (tertiary/aromatic N) is 1. The number of nitrogens with two attached hydrogens (primary N) is 1. The molecule has 0 saturated carbocycles. The van der Waals surface area contributed by atoms with Gasteiger partial charge in [-0.3, -0.25) is 0 Å². The van der Waals surface area contributed by atoms with Crippen LogP contribution in [-0.4, -0.2) is 12.1 Å². The molecule has 0 fully saturated rings. The average Bonchev–Trinajstić information content (AvgIpc) is 2.42. The van der Waals surface area contributed by atoms with Crippen molar-refractivity contribution >= 4 is 5.69 Å². The Hall–Kier alpha value is -2.23. The highest BCUT2D eigenvalue weighted by Gasteiger charge is 2.15. The quantitative estimate of drug-likeness (QED) is 0.924. The Morgan fingerprint density at radius 2 is 1.81 bits per heavy atom. The molecule has 4 nitrogen and oxygen atoms in total. The molecule has 0 unspecified atom stereocenters. The molecule has 21 heavy (non-hydrogen) atoms. The molecule has 0 aliphatic rings. The van der Waals surface area contributed by atoms with Gasteiger partial charge in [0.05, 0.1) is 12.8 Å². The van der Waals surface area contributed by atoms with E-state index in [2.05, 4.69) is 37.9 Å². The van der Waals surface area contributed by atoms with Crippen LogP contribution in [0.3, 0.4) is 0 Å². The number of ether oxygens (including phenoxy) is 2. The lowest BCUT2D eigenvalue weighted by atomic mass is 9.86. The predicted molar refractivity (Wildman–Crippen MR) is 85.2 cm³/mol. The Labute approximate surface area is 125 Å². The van der Waals surface area contributed by atoms with Crippen LogP contribution >= 0.6 is 0 Å². The van der Waals surface area contributed by atoms with Gasteiger partial charge in [-0.1, -0.05) is 32.9 Å². The summed E-state index contributed by atoms with van der Waals surface area (Å²) in [5.41, 5.74) is 8.80. The summed E-state index contributed by atoms with van der Waals surface area (Å²) in [5.74, 6) is 1.58. The van der Waals surface area contributed by atoms with Crippen LogP contribution in [0.15, 0.2) is 30.3 Å². The summed E-state index contributed by atoms with van der Waals surface area (Å²) < 4.78 is 10.9. The Kier molecular flexibility index (Phi) is 4.07. The van der Waals surface area contributed by atoms with Gasteiger partial charge in [0.25, 0.3) is 0 Å². The first-order valence-electron chi connectivity index (χ1n) is 6.91. The van der Waals surface area contributed by atoms with Crippen molar-refractivity contribution in [2.75, 3.05) is 12.8 Å². The summed E-state index contributed by atoms with van der Waals surface area (Å²) in [7, 11) is 1.56. The Morgan fingerprint density at radius 3 is 2.38 bits per heavy atom. The summed E-state index contributed by atoms with van der Waals surface area (Å²) in [6, 6.07) is 9.58. The smallest absolute Gasteiger partial charge is 0.246 e. The summed E-state index contributed by atoms with van der Waals surface area (Å²) in [4.78, 5) is 4.23. The molecule has 0 radical (unpaired) electrons. The van der Waals surface area contributed by atoms with E-state index < -0.39 is 0 Å². The largest absolute Gasteiger partial charge is 0.481 e. The molecule has 1 aromatic heterocycles. The van der Waals surface area contributed by atoms with Gasteiger partial charge < -0.3 is 15.2 Å². The van der Waals surface area contributed by atoms with E-state index in [0.29, 0.717) is 17.4 Å². The van der Waals surface area contributed by atoms with Crippen LogP contribution in [0.4, 0.5) is 5.69 Å². The van der Waals surface area contributed by atoms with Crippen molar-refractivity contribution in [1.82, 2.24) is 4.98 Å². The lowest BCUT2D eigenvalue weighted by molar-refractivity contribution is 0.383. The van der Waals surface area contributed by atoms with Crippen molar-refractivity contribution in [1.29, 1.82) is 0 Å². The molecule has 1 heterocycles. The van der Waals surface area contributed by atoms with E-state index in [1.165, 1.54) is 5.56 Å². The second-order valence-electron chi connectivity index (χ2n) is 6.08. The second kappa shape index (κ2) is 5.64. The molecule has 2 aromatic rings. The van der Waals surface area contributed by atoms with Crippen molar-refractivity contribution < 1.29 is 9.47 Å². The number of pyridine rings is 1. The summed E-state index contributed by atoms with van der Waals surface area (Å²) in [6.07, 6.45) is 0. The predicted octanol–water partition coefficient (Wildman–Crippen LogP) is 4.07. The zero-order valence-electron chi connectivity index (χ0n) is 13.2. The maximum Gasteiger partial charge on any atom is 0.246 e. The fraction of sp³-hybridized carbons (Fsp3) is 0.353. The number of aromatic nitrogens is 1. The third-order valence-corrected chi connectivity index (χ3v) is 3.32. The number of rotatable bonds is 3. The number of benzene rings is 1. The maximum absolute atomic E-state index is 5.90. The summed E-state index contributed by atoms with van der Waals surface area (Å²) in [6.45, 7) is 8.57. The zero-order valence-corrected chi connectivity index (χ0v) is 13.2. The normalized spacial score (nSPS) is 11.3. The van der Waals surface area contributed by atoms with E-state index in [4.69, 9.17) is 15.2 Å². The molecule has 4 heteroatoms. The van der Waals surface area contributed by atoms with Crippen molar-refractivity contribution in [3.63, 3.8) is 0 Å². The van der Waals surface area contributed by atoms with Gasteiger partial charge in [-0.2, -0.15) is 4.98 Å². The minimum atomic E-state index is 0.108. The number of nitrogen functional groups attached to an aromatic ring is 1. The van der Waals surface area contributed by atoms with Crippen LogP contribution < -0.4 is 15.2 Å². The van der Waals surface area contributed by atoms with Crippen LogP contribution in [-0.2, 0) is 5.41 Å². The molecule has 0 spiro atoms. The van der Waals surface area contributed by atoms with E-state index in [1.54, 1.807) is 19.2 Å². The molecule has 0 bridgehead atoms. The van der Waals surface area contributed by atoms with E-state index in [0.717, 1.165) is 11.3 Å². The minimum absolute atomic E-state index is 0.108. The molecule has 0 atom stereocenters. The lowest BCUT2D eigenvalue weighted by Crippen LogP contribution is -2.11. The minimum Gasteiger partial charge on any atom is -0.481 e. The highest BCUT2D eigenvalue weighted by Crippen LogP contribution is 2.32. The Bertz CT molecular complexity index is 646. The van der Waals surface area contributed by atoms with Gasteiger partial charge in [0.2, 0.25) is 11.8 Å². The maximum atomic E-state index is 5.90. The second-order valence-corrected chi connectivity index (χ2v) is 6.08. The first-order chi connectivity index (χ1) is 9.81. The number of hydrogen-bond donors (Lipinski definition) is 1. The molecule has 2 N–H and O–H groups in total. The molecular weight excluding hydrogens is 264 g/mol. The zero-order chi connectivity index (χ0) is 15.6. The van der Waals surface area contributed by atoms with Gasteiger partial charge in [-0.15, -0.1) is 0 Å². The monoisotopic (exact) mass is 286 g/mol. The number of anilines is 1. The SMILES string of the molecule is COc1ccc(N)c(Oc2ccc(C(C)(C)C)cc2C)n1. The molecule has 0 amide bonds. The molecule has 2 rings (SSSR count). The number of methoxy groups -OCH3 is 1. The van der Waals surface area contributed by atoms with E-state index >= 15 is 0 Å². The highest BCUT2D eigenvalue weighted by atomic mass is 16.5. The van der Waals surface area contributed by atoms with Gasteiger partial charge in [0, 0.05) is 6.07 Å². The third kappa shape index (κ3) is 3.45. The first-order valence-corrected chi connectivity index (χ1v) is 6.91. The van der Waals surface area contributed by atoms with Crippen LogP contribution in [0, 0.1) is 6.92 Å². The van der Waals surface area contributed by atoms with Crippen LogP contribution in [0.25, 0.3) is 0 Å². The summed E-state index contributed by atoms with van der Waals surface area (Å²) >= 11 is 0. The molecule has 0 saturated heterocycles. The van der Waals surface area contributed by atoms with E-state index in [-0.39, 0.29) is 5.41 Å². The van der Waals surface area contributed by atoms with Gasteiger partial charge in [0.1, 0.15) is 5.75 Å². The van der Waals surface area contributed by atoms with Crippen molar-refractivity contribution in [3.8, 4) is 17.5 Å². The van der Waals surface area contributed by atoms with Gasteiger partial charge in [0.15, 0.2) is 0 Å². The number of hydrogen-bond acceptors (Lipinski definition) is 4. The topological polar surface area (TPSA) is 57.4 Å². The Balaban J connectivity index is 2.32. The van der Waals surface area contributed by atoms with E-state index in [1.807, 2.05) is 13.0 Å². The van der Waals surface area contributed by atoms with E-state index in [9.17, 15) is 0 Å². The molecule has 1 aromatic carbocycles. The van der Waals surface area contributed by atoms with Crippen molar-refractivity contribution in [2.24, 2.45) is 0 Å². The van der Waals surface area contributed by atoms with Gasteiger partial charge >= 0.3 is 0 Å². The molecular formula is C17H22N2O2. The van der Waals surface area contributed by atoms with Crippen LogP contribution in [0.2, 0.25) is 0 Å². The third-order valence-electron chi connectivity index (χ3n) is 3.32. The molecule has 0 aliphatic heterocycles. The first kappa shape index (κ1) is 15.2. The highest BCUT2D eigenvalue weighted by molar-refractivity contribution is 5.52. The van der Waals surface area contributed by atoms with Crippen LogP contribution in [0.5, 0.6) is 17.5 Å². The molecule has 112 valence electrons. The fourth-order valence-electron chi connectivity index (χ4n) is 1.96. The van der Waals surface area contributed by atoms with Gasteiger partial charge in [-0.05, 0) is 35.6 Å². The van der Waals surface area contributed by atoms with Crippen molar-refractivity contribution in [3.05, 3.63) is 41.5 Å². The standard InChI is InChI=1S/C17H22N2O2/c1-11-10-12(17(2,3)4)6-8-14(11)21-16-13(18)7-9-15(19-16)20-5/h6-10H,18H2,1-5H3.